The first kappa shape index (κ1) is 18.8. The van der Waals surface area contributed by atoms with Gasteiger partial charge in [0.2, 0.25) is 0 Å². The molecule has 3 rings (SSSR count). The molecule has 1 N–H and O–H groups in total. The number of aryl methyl sites for hydroxylation is 2. The summed E-state index contributed by atoms with van der Waals surface area (Å²) in [7, 11) is 5.36. The molecule has 27 heavy (non-hydrogen) atoms. The second kappa shape index (κ2) is 8.18. The maximum atomic E-state index is 12.6. The number of nitrogens with zero attached hydrogens (tertiary/aromatic N) is 4. The van der Waals surface area contributed by atoms with Crippen LogP contribution in [0.4, 0.5) is 4.79 Å². The van der Waals surface area contributed by atoms with Gasteiger partial charge in [-0.25, -0.2) is 9.78 Å². The maximum Gasteiger partial charge on any atom is 0.318 e. The third kappa shape index (κ3) is 4.09. The number of urea groups is 1. The summed E-state index contributed by atoms with van der Waals surface area (Å²) in [6, 6.07) is 11.3. The molecule has 1 aromatic carbocycles. The van der Waals surface area contributed by atoms with Crippen molar-refractivity contribution in [2.75, 3.05) is 20.8 Å². The van der Waals surface area contributed by atoms with Crippen LogP contribution in [0.3, 0.4) is 0 Å². The van der Waals surface area contributed by atoms with E-state index in [0.29, 0.717) is 13.2 Å². The summed E-state index contributed by atoms with van der Waals surface area (Å²) in [4.78, 5) is 23.2. The van der Waals surface area contributed by atoms with E-state index in [0.717, 1.165) is 28.1 Å². The van der Waals surface area contributed by atoms with Crippen LogP contribution in [0, 0.1) is 6.92 Å². The number of rotatable bonds is 6. The molecule has 142 valence electrons. The molecule has 0 fully saturated rings. The average molecular weight is 367 g/mol. The van der Waals surface area contributed by atoms with E-state index in [4.69, 9.17) is 4.74 Å². The van der Waals surface area contributed by atoms with Gasteiger partial charge in [0.05, 0.1) is 29.4 Å². The molecular formula is C20H25N5O2. The first-order valence-corrected chi connectivity index (χ1v) is 8.83. The topological polar surface area (TPSA) is 72.3 Å². The van der Waals surface area contributed by atoms with E-state index >= 15 is 0 Å². The van der Waals surface area contributed by atoms with Crippen molar-refractivity contribution in [1.29, 1.82) is 0 Å². The van der Waals surface area contributed by atoms with Gasteiger partial charge in [-0.2, -0.15) is 0 Å². The van der Waals surface area contributed by atoms with E-state index in [2.05, 4.69) is 15.3 Å². The van der Waals surface area contributed by atoms with Crippen LogP contribution in [0.15, 0.2) is 42.6 Å². The van der Waals surface area contributed by atoms with Gasteiger partial charge in [0.25, 0.3) is 0 Å². The zero-order chi connectivity index (χ0) is 19.4. The lowest BCUT2D eigenvalue weighted by atomic mass is 10.1. The van der Waals surface area contributed by atoms with E-state index in [1.807, 2.05) is 54.9 Å². The number of carbonyl (C=O) groups is 1. The fourth-order valence-electron chi connectivity index (χ4n) is 3.05. The molecule has 2 heterocycles. The van der Waals surface area contributed by atoms with Gasteiger partial charge >= 0.3 is 6.03 Å². The molecule has 0 spiro atoms. The Bertz CT molecular complexity index is 923. The lowest BCUT2D eigenvalue weighted by molar-refractivity contribution is 0.114. The van der Waals surface area contributed by atoms with Gasteiger partial charge in [-0.1, -0.05) is 12.1 Å². The number of fused-ring (bicyclic) bond motifs is 1. The summed E-state index contributed by atoms with van der Waals surface area (Å²) < 4.78 is 7.33. The van der Waals surface area contributed by atoms with E-state index in [9.17, 15) is 4.79 Å². The summed E-state index contributed by atoms with van der Waals surface area (Å²) in [6.45, 7) is 2.78. The van der Waals surface area contributed by atoms with Crippen LogP contribution >= 0.6 is 0 Å². The average Bonchev–Trinajstić information content (AvgIpc) is 2.97. The molecule has 3 aromatic rings. The second-order valence-electron chi connectivity index (χ2n) is 6.54. The molecule has 0 saturated heterocycles. The number of likely N-dealkylation sites (N-methyl/N-ethyl adjacent to an activating group) is 1. The lowest BCUT2D eigenvalue weighted by Gasteiger charge is -2.27. The summed E-state index contributed by atoms with van der Waals surface area (Å²) in [5, 5.41) is 2.96. The normalized spacial score (nSPS) is 12.1. The highest BCUT2D eigenvalue weighted by Gasteiger charge is 2.22. The van der Waals surface area contributed by atoms with Gasteiger partial charge < -0.3 is 19.5 Å². The van der Waals surface area contributed by atoms with E-state index in [1.165, 1.54) is 0 Å². The fourth-order valence-corrected chi connectivity index (χ4v) is 3.05. The second-order valence-corrected chi connectivity index (χ2v) is 6.54. The molecule has 2 amide bonds. The number of methoxy groups -OCH3 is 1. The van der Waals surface area contributed by atoms with Crippen LogP contribution in [-0.4, -0.2) is 46.2 Å². The summed E-state index contributed by atoms with van der Waals surface area (Å²) in [6.07, 6.45) is 1.72. The Kier molecular flexibility index (Phi) is 5.71. The number of pyridine rings is 1. The highest BCUT2D eigenvalue weighted by Crippen LogP contribution is 2.19. The quantitative estimate of drug-likeness (QED) is 0.727. The van der Waals surface area contributed by atoms with Gasteiger partial charge in [0, 0.05) is 33.9 Å². The number of ether oxygens (including phenoxy) is 1. The smallest absolute Gasteiger partial charge is 0.318 e. The van der Waals surface area contributed by atoms with E-state index < -0.39 is 0 Å². The molecule has 0 unspecified atom stereocenters. The molecule has 0 aliphatic carbocycles. The van der Waals surface area contributed by atoms with Crippen LogP contribution in [0.5, 0.6) is 0 Å². The molecule has 7 heteroatoms. The molecule has 0 radical (unpaired) electrons. The Morgan fingerprint density at radius 3 is 2.85 bits per heavy atom. The van der Waals surface area contributed by atoms with E-state index in [1.54, 1.807) is 25.3 Å². The Balaban J connectivity index is 1.68. The standard InChI is InChI=1S/C20H25N5O2/c1-14-23-17-11-15(8-9-18(17)24(14)2)12-22-20(26)25(3)19(13-27-4)16-7-5-6-10-21-16/h5-11,19H,12-13H2,1-4H3,(H,22,26)/t19-/m1/s1. The van der Waals surface area contributed by atoms with Crippen LogP contribution in [0.1, 0.15) is 23.1 Å². The molecule has 7 nitrogen and oxygen atoms in total. The number of aromatic nitrogens is 3. The lowest BCUT2D eigenvalue weighted by Crippen LogP contribution is -2.41. The zero-order valence-electron chi connectivity index (χ0n) is 16.1. The summed E-state index contributed by atoms with van der Waals surface area (Å²) in [5.41, 5.74) is 3.81. The van der Waals surface area contributed by atoms with Crippen molar-refractivity contribution in [1.82, 2.24) is 24.8 Å². The number of hydrogen-bond acceptors (Lipinski definition) is 4. The monoisotopic (exact) mass is 367 g/mol. The number of imidazole rings is 1. The minimum absolute atomic E-state index is 0.181. The third-order valence-corrected chi connectivity index (χ3v) is 4.75. The zero-order valence-corrected chi connectivity index (χ0v) is 16.1. The fraction of sp³-hybridized carbons (Fsp3) is 0.350. The van der Waals surface area contributed by atoms with Crippen molar-refractivity contribution in [3.63, 3.8) is 0 Å². The minimum Gasteiger partial charge on any atom is -0.382 e. The van der Waals surface area contributed by atoms with Crippen molar-refractivity contribution in [2.24, 2.45) is 7.05 Å². The molecule has 0 bridgehead atoms. The predicted molar refractivity (Wildman–Crippen MR) is 104 cm³/mol. The molecule has 0 aliphatic rings. The number of amides is 2. The first-order chi connectivity index (χ1) is 13.0. The van der Waals surface area contributed by atoms with Crippen LogP contribution in [-0.2, 0) is 18.3 Å². The van der Waals surface area contributed by atoms with Gasteiger partial charge in [-0.3, -0.25) is 4.98 Å². The van der Waals surface area contributed by atoms with Crippen LogP contribution in [0.25, 0.3) is 11.0 Å². The van der Waals surface area contributed by atoms with Crippen molar-refractivity contribution < 1.29 is 9.53 Å². The van der Waals surface area contributed by atoms with Crippen LogP contribution < -0.4 is 5.32 Å². The molecular weight excluding hydrogens is 342 g/mol. The number of hydrogen-bond donors (Lipinski definition) is 1. The van der Waals surface area contributed by atoms with Crippen LogP contribution in [0.2, 0.25) is 0 Å². The molecule has 0 saturated carbocycles. The minimum atomic E-state index is -0.253. The third-order valence-electron chi connectivity index (χ3n) is 4.75. The Morgan fingerprint density at radius 1 is 1.33 bits per heavy atom. The Hall–Kier alpha value is -2.93. The number of nitrogens with one attached hydrogen (secondary N) is 1. The van der Waals surface area contributed by atoms with Crippen molar-refractivity contribution in [3.8, 4) is 0 Å². The summed E-state index contributed by atoms with van der Waals surface area (Å²) >= 11 is 0. The maximum absolute atomic E-state index is 12.6. The predicted octanol–water partition coefficient (Wildman–Crippen LogP) is 2.81. The Morgan fingerprint density at radius 2 is 2.15 bits per heavy atom. The van der Waals surface area contributed by atoms with Gasteiger partial charge in [0.15, 0.2) is 0 Å². The summed E-state index contributed by atoms with van der Waals surface area (Å²) in [5.74, 6) is 0.962. The molecule has 1 atom stereocenters. The van der Waals surface area contributed by atoms with Crippen molar-refractivity contribution in [3.05, 3.63) is 59.7 Å². The van der Waals surface area contributed by atoms with Gasteiger partial charge in [0.1, 0.15) is 5.82 Å². The highest BCUT2D eigenvalue weighted by molar-refractivity contribution is 5.77. The van der Waals surface area contributed by atoms with E-state index in [-0.39, 0.29) is 12.1 Å². The molecule has 0 aliphatic heterocycles. The highest BCUT2D eigenvalue weighted by atomic mass is 16.5. The largest absolute Gasteiger partial charge is 0.382 e. The SMILES string of the molecule is COC[C@H](c1ccccn1)N(C)C(=O)NCc1ccc2c(c1)nc(C)n2C. The Labute approximate surface area is 159 Å². The first-order valence-electron chi connectivity index (χ1n) is 8.83. The molecule has 2 aromatic heterocycles. The van der Waals surface area contributed by atoms with Gasteiger partial charge in [-0.05, 0) is 36.8 Å². The van der Waals surface area contributed by atoms with Gasteiger partial charge in [-0.15, -0.1) is 0 Å². The van der Waals surface area contributed by atoms with Crippen molar-refractivity contribution >= 4 is 17.1 Å². The number of carbonyl (C=O) groups excluding carboxylic acids is 1. The van der Waals surface area contributed by atoms with Crippen molar-refractivity contribution in [2.45, 2.75) is 19.5 Å². The number of benzene rings is 1.